The van der Waals surface area contributed by atoms with Crippen molar-refractivity contribution in [3.63, 3.8) is 0 Å². The Labute approximate surface area is 154 Å². The Bertz CT molecular complexity index is 806. The van der Waals surface area contributed by atoms with Crippen molar-refractivity contribution >= 4 is 5.91 Å². The number of nitrogens with zero attached hydrogens (tertiary/aromatic N) is 3. The Balaban J connectivity index is 1.71. The molecule has 9 heteroatoms. The van der Waals surface area contributed by atoms with Crippen molar-refractivity contribution in [1.29, 1.82) is 0 Å². The van der Waals surface area contributed by atoms with Crippen LogP contribution in [0.2, 0.25) is 0 Å². The second-order valence-corrected chi connectivity index (χ2v) is 6.98. The molecule has 0 radical (unpaired) electrons. The first-order valence-corrected chi connectivity index (χ1v) is 8.93. The number of hydrogen-bond donors (Lipinski definition) is 1. The van der Waals surface area contributed by atoms with E-state index in [1.807, 2.05) is 0 Å². The SMILES string of the molecule is CC(NC(=O)[C@H]1CCCCC1C)c1nc(-c2ccnc(C(F)(F)F)c2)no1. The minimum absolute atomic E-state index is 0.0185. The first-order valence-electron chi connectivity index (χ1n) is 8.93. The van der Waals surface area contributed by atoms with E-state index < -0.39 is 17.9 Å². The van der Waals surface area contributed by atoms with Crippen molar-refractivity contribution in [3.05, 3.63) is 29.9 Å². The van der Waals surface area contributed by atoms with Crippen LogP contribution in [0.5, 0.6) is 0 Å². The monoisotopic (exact) mass is 382 g/mol. The van der Waals surface area contributed by atoms with Crippen LogP contribution in [0, 0.1) is 11.8 Å². The van der Waals surface area contributed by atoms with Gasteiger partial charge in [0.2, 0.25) is 17.6 Å². The number of amides is 1. The molecule has 2 heterocycles. The molecule has 146 valence electrons. The van der Waals surface area contributed by atoms with Gasteiger partial charge in [0.05, 0.1) is 0 Å². The Morgan fingerprint density at radius 2 is 2.07 bits per heavy atom. The lowest BCUT2D eigenvalue weighted by molar-refractivity contribution is -0.141. The standard InChI is InChI=1S/C18H21F3N4O2/c1-10-5-3-4-6-13(10)16(26)23-11(2)17-24-15(25-27-17)12-7-8-22-14(9-12)18(19,20)21/h7-11,13H,3-6H2,1-2H3,(H,23,26)/t10?,11?,13-/m0/s1. The third-order valence-electron chi connectivity index (χ3n) is 4.93. The Hall–Kier alpha value is -2.45. The van der Waals surface area contributed by atoms with Crippen LogP contribution in [-0.2, 0) is 11.0 Å². The second-order valence-electron chi connectivity index (χ2n) is 6.98. The van der Waals surface area contributed by atoms with Gasteiger partial charge in [-0.15, -0.1) is 0 Å². The number of carbonyl (C=O) groups excluding carboxylic acids is 1. The van der Waals surface area contributed by atoms with Crippen LogP contribution in [-0.4, -0.2) is 21.0 Å². The average Bonchev–Trinajstić information content (AvgIpc) is 3.12. The Morgan fingerprint density at radius 3 is 2.78 bits per heavy atom. The van der Waals surface area contributed by atoms with Gasteiger partial charge in [-0.3, -0.25) is 9.78 Å². The first kappa shape index (κ1) is 19.3. The maximum Gasteiger partial charge on any atom is 0.433 e. The quantitative estimate of drug-likeness (QED) is 0.859. The topological polar surface area (TPSA) is 80.9 Å². The number of aromatic nitrogens is 3. The van der Waals surface area contributed by atoms with Gasteiger partial charge < -0.3 is 9.84 Å². The fraction of sp³-hybridized carbons (Fsp3) is 0.556. The lowest BCUT2D eigenvalue weighted by atomic mass is 9.80. The molecule has 1 N–H and O–H groups in total. The molecular weight excluding hydrogens is 361 g/mol. The molecule has 2 unspecified atom stereocenters. The minimum Gasteiger partial charge on any atom is -0.344 e. The molecule has 3 atom stereocenters. The third kappa shape index (κ3) is 4.45. The largest absolute Gasteiger partial charge is 0.433 e. The molecule has 0 aromatic carbocycles. The molecular formula is C18H21F3N4O2. The summed E-state index contributed by atoms with van der Waals surface area (Å²) >= 11 is 0. The van der Waals surface area contributed by atoms with Crippen LogP contribution in [0.1, 0.15) is 57.2 Å². The van der Waals surface area contributed by atoms with E-state index in [1.54, 1.807) is 6.92 Å². The first-order chi connectivity index (χ1) is 12.8. The van der Waals surface area contributed by atoms with Gasteiger partial charge >= 0.3 is 6.18 Å². The number of alkyl halides is 3. The molecule has 0 bridgehead atoms. The number of hydrogen-bond acceptors (Lipinski definition) is 5. The summed E-state index contributed by atoms with van der Waals surface area (Å²) in [6, 6.07) is 1.70. The predicted octanol–water partition coefficient (Wildman–Crippen LogP) is 4.15. The maximum atomic E-state index is 12.8. The molecule has 1 fully saturated rings. The fourth-order valence-electron chi connectivity index (χ4n) is 3.34. The number of halogens is 3. The summed E-state index contributed by atoms with van der Waals surface area (Å²) in [6.07, 6.45) is 0.543. The van der Waals surface area contributed by atoms with Gasteiger partial charge in [0.1, 0.15) is 11.7 Å². The zero-order valence-corrected chi connectivity index (χ0v) is 15.1. The van der Waals surface area contributed by atoms with Crippen LogP contribution < -0.4 is 5.32 Å². The number of carbonyl (C=O) groups is 1. The fourth-order valence-corrected chi connectivity index (χ4v) is 3.34. The van der Waals surface area contributed by atoms with Gasteiger partial charge in [-0.25, -0.2) is 0 Å². The lowest BCUT2D eigenvalue weighted by Gasteiger charge is -2.28. The van der Waals surface area contributed by atoms with Crippen molar-refractivity contribution < 1.29 is 22.5 Å². The summed E-state index contributed by atoms with van der Waals surface area (Å²) in [5.74, 6) is 0.384. The van der Waals surface area contributed by atoms with Gasteiger partial charge in [-0.05, 0) is 37.8 Å². The van der Waals surface area contributed by atoms with E-state index in [0.717, 1.165) is 37.9 Å². The van der Waals surface area contributed by atoms with Gasteiger partial charge in [-0.2, -0.15) is 18.2 Å². The zero-order chi connectivity index (χ0) is 19.6. The highest BCUT2D eigenvalue weighted by molar-refractivity contribution is 5.79. The van der Waals surface area contributed by atoms with Gasteiger partial charge in [0.25, 0.3) is 0 Å². The summed E-state index contributed by atoms with van der Waals surface area (Å²) in [7, 11) is 0. The van der Waals surface area contributed by atoms with Crippen LogP contribution in [0.4, 0.5) is 13.2 Å². The molecule has 3 rings (SSSR count). The van der Waals surface area contributed by atoms with Gasteiger partial charge in [-0.1, -0.05) is 24.9 Å². The highest BCUT2D eigenvalue weighted by Crippen LogP contribution is 2.31. The molecule has 0 aliphatic heterocycles. The van der Waals surface area contributed by atoms with E-state index in [-0.39, 0.29) is 29.1 Å². The van der Waals surface area contributed by atoms with E-state index in [2.05, 4.69) is 27.4 Å². The van der Waals surface area contributed by atoms with Crippen molar-refractivity contribution in [3.8, 4) is 11.4 Å². The summed E-state index contributed by atoms with van der Waals surface area (Å²) in [5.41, 5.74) is -0.884. The highest BCUT2D eigenvalue weighted by Gasteiger charge is 2.33. The molecule has 1 amide bonds. The number of pyridine rings is 1. The number of nitrogens with one attached hydrogen (secondary N) is 1. The molecule has 0 spiro atoms. The molecule has 1 aliphatic carbocycles. The average molecular weight is 382 g/mol. The molecule has 1 saturated carbocycles. The van der Waals surface area contributed by atoms with Crippen molar-refractivity contribution in [2.24, 2.45) is 11.8 Å². The lowest BCUT2D eigenvalue weighted by Crippen LogP contribution is -2.37. The van der Waals surface area contributed by atoms with Crippen LogP contribution >= 0.6 is 0 Å². The summed E-state index contributed by atoms with van der Waals surface area (Å²) < 4.78 is 43.5. The molecule has 2 aromatic rings. The van der Waals surface area contributed by atoms with Crippen molar-refractivity contribution in [1.82, 2.24) is 20.4 Å². The van der Waals surface area contributed by atoms with E-state index in [0.29, 0.717) is 5.92 Å². The smallest absolute Gasteiger partial charge is 0.344 e. The van der Waals surface area contributed by atoms with Crippen LogP contribution in [0.25, 0.3) is 11.4 Å². The van der Waals surface area contributed by atoms with E-state index in [4.69, 9.17) is 4.52 Å². The molecule has 2 aromatic heterocycles. The van der Waals surface area contributed by atoms with Crippen LogP contribution in [0.15, 0.2) is 22.9 Å². The third-order valence-corrected chi connectivity index (χ3v) is 4.93. The molecule has 1 aliphatic rings. The van der Waals surface area contributed by atoms with Gasteiger partial charge in [0.15, 0.2) is 0 Å². The maximum absolute atomic E-state index is 12.8. The normalized spacial score (nSPS) is 21.7. The summed E-state index contributed by atoms with van der Waals surface area (Å²) in [4.78, 5) is 19.9. The van der Waals surface area contributed by atoms with Crippen molar-refractivity contribution in [2.45, 2.75) is 51.7 Å². The summed E-state index contributed by atoms with van der Waals surface area (Å²) in [5, 5.41) is 6.60. The number of rotatable bonds is 4. The Kier molecular flexibility index (Phi) is 5.48. The van der Waals surface area contributed by atoms with E-state index in [1.165, 1.54) is 6.07 Å². The molecule has 0 saturated heterocycles. The predicted molar refractivity (Wildman–Crippen MR) is 90.2 cm³/mol. The molecule has 27 heavy (non-hydrogen) atoms. The van der Waals surface area contributed by atoms with E-state index in [9.17, 15) is 18.0 Å². The van der Waals surface area contributed by atoms with Crippen molar-refractivity contribution in [2.75, 3.05) is 0 Å². The van der Waals surface area contributed by atoms with Crippen LogP contribution in [0.3, 0.4) is 0 Å². The summed E-state index contributed by atoms with van der Waals surface area (Å²) in [6.45, 7) is 3.77. The van der Waals surface area contributed by atoms with Gasteiger partial charge in [0, 0.05) is 17.7 Å². The van der Waals surface area contributed by atoms with E-state index >= 15 is 0 Å². The highest BCUT2D eigenvalue weighted by atomic mass is 19.4. The second kappa shape index (κ2) is 7.66. The Morgan fingerprint density at radius 1 is 1.33 bits per heavy atom. The zero-order valence-electron chi connectivity index (χ0n) is 15.1. The minimum atomic E-state index is -4.56. The molecule has 6 nitrogen and oxygen atoms in total.